The fraction of sp³-hybridized carbons (Fsp3) is 0.261. The Labute approximate surface area is 180 Å². The summed E-state index contributed by atoms with van der Waals surface area (Å²) in [6.07, 6.45) is 5.05. The number of nitrogens with one attached hydrogen (secondary N) is 1. The Balaban J connectivity index is 1.47. The molecular formula is C23H21ClN4O2. The molecule has 7 heteroatoms. The molecule has 1 aliphatic rings. The number of rotatable bonds is 3. The topological polar surface area (TPSA) is 69.0 Å². The van der Waals surface area contributed by atoms with E-state index in [4.69, 9.17) is 16.3 Å². The fourth-order valence-electron chi connectivity index (χ4n) is 3.27. The molecule has 0 unspecified atom stereocenters. The van der Waals surface area contributed by atoms with Crippen molar-refractivity contribution in [1.29, 1.82) is 0 Å². The molecule has 3 aromatic rings. The van der Waals surface area contributed by atoms with Gasteiger partial charge in [0.05, 0.1) is 11.1 Å². The Morgan fingerprint density at radius 1 is 1.20 bits per heavy atom. The minimum absolute atomic E-state index is 0.192. The van der Waals surface area contributed by atoms with Gasteiger partial charge in [-0.1, -0.05) is 41.6 Å². The molecule has 1 amide bonds. The molecular weight excluding hydrogens is 400 g/mol. The Kier molecular flexibility index (Phi) is 6.12. The number of hydrogen-bond acceptors (Lipinski definition) is 4. The Bertz CT molecular complexity index is 1110. The Hall–Kier alpha value is -3.14. The van der Waals surface area contributed by atoms with E-state index in [1.165, 1.54) is 0 Å². The summed E-state index contributed by atoms with van der Waals surface area (Å²) in [5.41, 5.74) is 2.71. The van der Waals surface area contributed by atoms with E-state index in [2.05, 4.69) is 27.2 Å². The molecule has 1 N–H and O–H groups in total. The van der Waals surface area contributed by atoms with Crippen molar-refractivity contribution in [2.75, 3.05) is 18.5 Å². The summed E-state index contributed by atoms with van der Waals surface area (Å²) in [6, 6.07) is 11.8. The van der Waals surface area contributed by atoms with Gasteiger partial charge in [0.1, 0.15) is 5.82 Å². The van der Waals surface area contributed by atoms with Crippen LogP contribution >= 0.6 is 11.6 Å². The summed E-state index contributed by atoms with van der Waals surface area (Å²) in [5.74, 6) is 6.27. The number of hydrogen-bond donors (Lipinski definition) is 1. The van der Waals surface area contributed by atoms with Crippen molar-refractivity contribution < 1.29 is 9.53 Å². The first kappa shape index (κ1) is 20.1. The second kappa shape index (κ2) is 9.12. The van der Waals surface area contributed by atoms with Gasteiger partial charge in [0.2, 0.25) is 0 Å². The molecule has 4 rings (SSSR count). The van der Waals surface area contributed by atoms with E-state index in [0.717, 1.165) is 29.5 Å². The zero-order chi connectivity index (χ0) is 20.9. The average molecular weight is 421 g/mol. The lowest BCUT2D eigenvalue weighted by atomic mass is 10.1. The quantitative estimate of drug-likeness (QED) is 0.643. The third-order valence-corrected chi connectivity index (χ3v) is 5.18. The summed E-state index contributed by atoms with van der Waals surface area (Å²) in [5, 5.41) is 7.53. The minimum Gasteiger partial charge on any atom is -0.381 e. The summed E-state index contributed by atoms with van der Waals surface area (Å²) in [7, 11) is 0. The van der Waals surface area contributed by atoms with Crippen LogP contribution in [0.2, 0.25) is 5.02 Å². The number of aryl methyl sites for hydroxylation is 1. The minimum atomic E-state index is -0.385. The van der Waals surface area contributed by atoms with E-state index >= 15 is 0 Å². The Morgan fingerprint density at radius 3 is 2.67 bits per heavy atom. The van der Waals surface area contributed by atoms with Crippen LogP contribution < -0.4 is 5.32 Å². The number of amides is 1. The summed E-state index contributed by atoms with van der Waals surface area (Å²) in [6.45, 7) is 3.25. The number of aromatic nitrogens is 3. The molecule has 30 heavy (non-hydrogen) atoms. The highest BCUT2D eigenvalue weighted by Gasteiger charge is 2.22. The fourth-order valence-corrected chi connectivity index (χ4v) is 3.49. The van der Waals surface area contributed by atoms with Crippen LogP contribution in [0.4, 0.5) is 5.82 Å². The van der Waals surface area contributed by atoms with Gasteiger partial charge in [0, 0.05) is 36.7 Å². The normalized spacial score (nSPS) is 14.1. The summed E-state index contributed by atoms with van der Waals surface area (Å²) >= 11 is 6.28. The zero-order valence-corrected chi connectivity index (χ0v) is 17.3. The molecule has 3 heterocycles. The molecule has 152 valence electrons. The van der Waals surface area contributed by atoms with Crippen LogP contribution in [0.15, 0.2) is 48.8 Å². The number of benzene rings is 1. The predicted molar refractivity (Wildman–Crippen MR) is 116 cm³/mol. The highest BCUT2D eigenvalue weighted by molar-refractivity contribution is 6.34. The first-order valence-electron chi connectivity index (χ1n) is 9.77. The summed E-state index contributed by atoms with van der Waals surface area (Å²) in [4.78, 5) is 17.1. The van der Waals surface area contributed by atoms with Gasteiger partial charge in [-0.3, -0.25) is 9.48 Å². The maximum atomic E-state index is 12.7. The van der Waals surface area contributed by atoms with E-state index in [1.807, 2.05) is 43.3 Å². The number of anilines is 1. The van der Waals surface area contributed by atoms with Crippen LogP contribution in [0, 0.1) is 18.8 Å². The molecule has 0 atom stereocenters. The predicted octanol–water partition coefficient (Wildman–Crippen LogP) is 4.24. The van der Waals surface area contributed by atoms with E-state index < -0.39 is 0 Å². The first-order valence-corrected chi connectivity index (χ1v) is 10.2. The van der Waals surface area contributed by atoms with Crippen molar-refractivity contribution in [2.24, 2.45) is 0 Å². The van der Waals surface area contributed by atoms with Crippen molar-refractivity contribution in [2.45, 2.75) is 25.8 Å². The largest absolute Gasteiger partial charge is 0.381 e. The summed E-state index contributed by atoms with van der Waals surface area (Å²) < 4.78 is 7.14. The van der Waals surface area contributed by atoms with Gasteiger partial charge in [0.25, 0.3) is 5.91 Å². The lowest BCUT2D eigenvalue weighted by Crippen LogP contribution is -2.21. The van der Waals surface area contributed by atoms with Crippen molar-refractivity contribution in [1.82, 2.24) is 14.8 Å². The van der Waals surface area contributed by atoms with Crippen LogP contribution in [0.1, 0.15) is 46.1 Å². The van der Waals surface area contributed by atoms with Crippen molar-refractivity contribution in [3.63, 3.8) is 0 Å². The number of ether oxygens (including phenoxy) is 1. The molecule has 2 aromatic heterocycles. The second-order valence-electron chi connectivity index (χ2n) is 7.11. The van der Waals surface area contributed by atoms with Gasteiger partial charge in [-0.25, -0.2) is 4.98 Å². The van der Waals surface area contributed by atoms with Crippen molar-refractivity contribution in [3.8, 4) is 11.8 Å². The van der Waals surface area contributed by atoms with E-state index in [-0.39, 0.29) is 17.6 Å². The molecule has 1 aliphatic heterocycles. The van der Waals surface area contributed by atoms with E-state index in [0.29, 0.717) is 24.1 Å². The van der Waals surface area contributed by atoms with E-state index in [9.17, 15) is 4.79 Å². The molecule has 1 saturated heterocycles. The van der Waals surface area contributed by atoms with Crippen LogP contribution in [0.25, 0.3) is 0 Å². The van der Waals surface area contributed by atoms with Crippen LogP contribution in [0.3, 0.4) is 0 Å². The highest BCUT2D eigenvalue weighted by Crippen LogP contribution is 2.24. The average Bonchev–Trinajstić information content (AvgIpc) is 3.17. The monoisotopic (exact) mass is 420 g/mol. The smallest absolute Gasteiger partial charge is 0.278 e. The molecule has 6 nitrogen and oxygen atoms in total. The van der Waals surface area contributed by atoms with Gasteiger partial charge in [-0.15, -0.1) is 0 Å². The molecule has 1 aromatic carbocycles. The van der Waals surface area contributed by atoms with Crippen LogP contribution in [0.5, 0.6) is 0 Å². The SMILES string of the molecule is Cc1cc(C#Cc2ccccc2)cnc1NC(=O)c1nn(C2CCOCC2)cc1Cl. The maximum Gasteiger partial charge on any atom is 0.278 e. The van der Waals surface area contributed by atoms with Gasteiger partial charge in [0.15, 0.2) is 5.69 Å². The maximum absolute atomic E-state index is 12.7. The highest BCUT2D eigenvalue weighted by atomic mass is 35.5. The lowest BCUT2D eigenvalue weighted by molar-refractivity contribution is 0.0661. The van der Waals surface area contributed by atoms with Gasteiger partial charge in [-0.05, 0) is 43.5 Å². The number of nitrogens with zero attached hydrogens (tertiary/aromatic N) is 3. The van der Waals surface area contributed by atoms with E-state index in [1.54, 1.807) is 17.1 Å². The van der Waals surface area contributed by atoms with Crippen LogP contribution in [-0.2, 0) is 4.74 Å². The number of pyridine rings is 1. The van der Waals surface area contributed by atoms with Gasteiger partial charge < -0.3 is 10.1 Å². The van der Waals surface area contributed by atoms with Crippen molar-refractivity contribution >= 4 is 23.3 Å². The molecule has 0 aliphatic carbocycles. The molecule has 1 fully saturated rings. The molecule has 0 saturated carbocycles. The zero-order valence-electron chi connectivity index (χ0n) is 16.6. The first-order chi connectivity index (χ1) is 14.6. The number of carbonyl (C=O) groups excluding carboxylic acids is 1. The van der Waals surface area contributed by atoms with Gasteiger partial charge in [-0.2, -0.15) is 5.10 Å². The standard InChI is InChI=1S/C23H21ClN4O2/c1-16-13-18(8-7-17-5-3-2-4-6-17)14-25-22(16)26-23(29)21-20(24)15-28(27-21)19-9-11-30-12-10-19/h2-6,13-15,19H,9-12H2,1H3,(H,25,26,29). The van der Waals surface area contributed by atoms with Crippen LogP contribution in [-0.4, -0.2) is 33.9 Å². The number of halogens is 1. The third kappa shape index (κ3) is 4.70. The Morgan fingerprint density at radius 2 is 1.93 bits per heavy atom. The molecule has 0 spiro atoms. The van der Waals surface area contributed by atoms with Crippen molar-refractivity contribution in [3.05, 3.63) is 76.2 Å². The van der Waals surface area contributed by atoms with Gasteiger partial charge >= 0.3 is 0 Å². The number of carbonyl (C=O) groups is 1. The third-order valence-electron chi connectivity index (χ3n) is 4.90. The molecule has 0 bridgehead atoms. The second-order valence-corrected chi connectivity index (χ2v) is 7.52. The lowest BCUT2D eigenvalue weighted by Gasteiger charge is -2.22. The molecule has 0 radical (unpaired) electrons.